The maximum atomic E-state index is 12.7. The molecule has 0 unspecified atom stereocenters. The molecule has 0 N–H and O–H groups in total. The zero-order valence-electron chi connectivity index (χ0n) is 16.2. The van der Waals surface area contributed by atoms with Crippen molar-refractivity contribution in [3.63, 3.8) is 0 Å². The third-order valence-electron chi connectivity index (χ3n) is 5.19. The van der Waals surface area contributed by atoms with Gasteiger partial charge >= 0.3 is 0 Å². The highest BCUT2D eigenvalue weighted by molar-refractivity contribution is 8.14. The summed E-state index contributed by atoms with van der Waals surface area (Å²) in [5.74, 6) is 0.129. The van der Waals surface area contributed by atoms with E-state index in [0.717, 1.165) is 41.8 Å². The van der Waals surface area contributed by atoms with Crippen LogP contribution in [0.15, 0.2) is 84.9 Å². The second-order valence-corrected chi connectivity index (χ2v) is 8.56. The number of likely N-dealkylation sites (tertiary alicyclic amines) is 1. The number of rotatable bonds is 6. The highest BCUT2D eigenvalue weighted by Gasteiger charge is 2.27. The molecule has 1 aliphatic heterocycles. The summed E-state index contributed by atoms with van der Waals surface area (Å²) in [6, 6.07) is 27.4. The van der Waals surface area contributed by atoms with Crippen molar-refractivity contribution in [1.29, 1.82) is 0 Å². The van der Waals surface area contributed by atoms with Gasteiger partial charge in [0.25, 0.3) is 0 Å². The van der Waals surface area contributed by atoms with E-state index in [1.807, 2.05) is 72.8 Å². The van der Waals surface area contributed by atoms with Crippen LogP contribution in [-0.2, 0) is 0 Å². The van der Waals surface area contributed by atoms with Crippen LogP contribution in [0, 0.1) is 0 Å². The van der Waals surface area contributed by atoms with Gasteiger partial charge < -0.3 is 0 Å². The summed E-state index contributed by atoms with van der Waals surface area (Å²) >= 11 is 1.39. The molecule has 3 nitrogen and oxygen atoms in total. The van der Waals surface area contributed by atoms with Crippen molar-refractivity contribution in [1.82, 2.24) is 4.90 Å². The zero-order chi connectivity index (χ0) is 20.1. The molecule has 0 aliphatic carbocycles. The first-order chi connectivity index (χ1) is 14.2. The molecule has 1 heterocycles. The Morgan fingerprint density at radius 1 is 0.793 bits per heavy atom. The molecule has 3 aromatic carbocycles. The lowest BCUT2D eigenvalue weighted by molar-refractivity contribution is 0.0945. The molecule has 29 heavy (non-hydrogen) atoms. The Balaban J connectivity index is 1.31. The minimum atomic E-state index is 0.111. The quantitative estimate of drug-likeness (QED) is 0.533. The van der Waals surface area contributed by atoms with Crippen molar-refractivity contribution < 1.29 is 9.59 Å². The summed E-state index contributed by atoms with van der Waals surface area (Å²) in [6.07, 6.45) is 0.934. The number of hydrogen-bond donors (Lipinski definition) is 0. The number of carbonyl (C=O) groups excluding carboxylic acids is 2. The van der Waals surface area contributed by atoms with E-state index in [1.54, 1.807) is 0 Å². The monoisotopic (exact) mass is 401 g/mol. The summed E-state index contributed by atoms with van der Waals surface area (Å²) in [5, 5.41) is 0.358. The smallest absolute Gasteiger partial charge is 0.219 e. The molecular formula is C25H23NO2S. The maximum Gasteiger partial charge on any atom is 0.219 e. The van der Waals surface area contributed by atoms with Gasteiger partial charge in [0.05, 0.1) is 6.54 Å². The number of nitrogens with zero attached hydrogens (tertiary/aromatic N) is 1. The first kappa shape index (κ1) is 19.6. The van der Waals surface area contributed by atoms with Gasteiger partial charge in [-0.2, -0.15) is 0 Å². The normalized spacial score (nSPS) is 16.6. The van der Waals surface area contributed by atoms with Gasteiger partial charge in [0.2, 0.25) is 5.12 Å². The van der Waals surface area contributed by atoms with Crippen LogP contribution in [0.2, 0.25) is 0 Å². The van der Waals surface area contributed by atoms with E-state index >= 15 is 0 Å². The van der Waals surface area contributed by atoms with Gasteiger partial charge in [0.15, 0.2) is 5.78 Å². The lowest BCUT2D eigenvalue weighted by Crippen LogP contribution is -2.28. The summed E-state index contributed by atoms with van der Waals surface area (Å²) in [5.41, 5.74) is 3.74. The fraction of sp³-hybridized carbons (Fsp3) is 0.200. The summed E-state index contributed by atoms with van der Waals surface area (Å²) in [6.45, 7) is 2.03. The van der Waals surface area contributed by atoms with Crippen LogP contribution in [0.1, 0.15) is 27.1 Å². The van der Waals surface area contributed by atoms with Gasteiger partial charge in [-0.1, -0.05) is 96.7 Å². The maximum absolute atomic E-state index is 12.7. The molecule has 1 aliphatic rings. The van der Waals surface area contributed by atoms with Gasteiger partial charge in [-0.25, -0.2) is 0 Å². The van der Waals surface area contributed by atoms with Crippen LogP contribution in [0.5, 0.6) is 0 Å². The Labute approximate surface area is 175 Å². The van der Waals surface area contributed by atoms with Crippen molar-refractivity contribution in [2.45, 2.75) is 11.7 Å². The van der Waals surface area contributed by atoms with Crippen LogP contribution in [0.25, 0.3) is 11.1 Å². The Morgan fingerprint density at radius 3 is 2.10 bits per heavy atom. The lowest BCUT2D eigenvalue weighted by atomic mass is 10.0. The van der Waals surface area contributed by atoms with Gasteiger partial charge in [0.1, 0.15) is 0 Å². The van der Waals surface area contributed by atoms with Crippen molar-refractivity contribution >= 4 is 22.7 Å². The van der Waals surface area contributed by atoms with E-state index in [0.29, 0.717) is 6.54 Å². The van der Waals surface area contributed by atoms with Crippen LogP contribution >= 0.6 is 11.8 Å². The number of benzene rings is 3. The fourth-order valence-corrected chi connectivity index (χ4v) is 4.69. The number of hydrogen-bond acceptors (Lipinski definition) is 4. The molecular weight excluding hydrogens is 378 g/mol. The molecule has 0 spiro atoms. The van der Waals surface area contributed by atoms with Gasteiger partial charge in [0, 0.05) is 22.9 Å². The molecule has 1 saturated heterocycles. The average Bonchev–Trinajstić information content (AvgIpc) is 3.21. The first-order valence-electron chi connectivity index (χ1n) is 9.86. The summed E-state index contributed by atoms with van der Waals surface area (Å²) < 4.78 is 0. The first-order valence-corrected chi connectivity index (χ1v) is 10.7. The molecule has 0 bridgehead atoms. The van der Waals surface area contributed by atoms with Crippen LogP contribution in [-0.4, -0.2) is 40.7 Å². The predicted molar refractivity (Wildman–Crippen MR) is 119 cm³/mol. The van der Waals surface area contributed by atoms with Crippen molar-refractivity contribution in [3.8, 4) is 11.1 Å². The summed E-state index contributed by atoms with van der Waals surface area (Å²) in [4.78, 5) is 27.2. The molecule has 146 valence electrons. The van der Waals surface area contributed by atoms with Gasteiger partial charge in [-0.05, 0) is 24.1 Å². The topological polar surface area (TPSA) is 37.4 Å². The second kappa shape index (κ2) is 9.21. The van der Waals surface area contributed by atoms with E-state index in [2.05, 4.69) is 17.0 Å². The number of ketones is 1. The molecule has 0 amide bonds. The van der Waals surface area contributed by atoms with Gasteiger partial charge in [-0.15, -0.1) is 0 Å². The minimum absolute atomic E-state index is 0.111. The number of Topliss-reactive ketones (excluding diaryl/α,β-unsaturated/α-hetero) is 1. The van der Waals surface area contributed by atoms with E-state index in [9.17, 15) is 9.59 Å². The molecule has 4 rings (SSSR count). The molecule has 3 aromatic rings. The Bertz CT molecular complexity index is 971. The Kier molecular flexibility index (Phi) is 6.23. The zero-order valence-corrected chi connectivity index (χ0v) is 17.0. The Hall–Kier alpha value is -2.69. The van der Waals surface area contributed by atoms with Crippen molar-refractivity contribution in [2.24, 2.45) is 0 Å². The molecule has 0 radical (unpaired) electrons. The molecule has 1 fully saturated rings. The highest BCUT2D eigenvalue weighted by Crippen LogP contribution is 2.26. The van der Waals surface area contributed by atoms with Gasteiger partial charge in [-0.3, -0.25) is 14.5 Å². The minimum Gasteiger partial charge on any atom is -0.295 e. The van der Waals surface area contributed by atoms with E-state index in [-0.39, 0.29) is 16.1 Å². The molecule has 0 saturated carbocycles. The molecule has 4 heteroatoms. The SMILES string of the molecule is O=C(CN1CC[C@H](SC(=O)c2ccccc2)C1)c1ccc(-c2ccccc2)cc1. The molecule has 1 atom stereocenters. The van der Waals surface area contributed by atoms with Crippen LogP contribution < -0.4 is 0 Å². The third-order valence-corrected chi connectivity index (χ3v) is 6.36. The van der Waals surface area contributed by atoms with E-state index in [4.69, 9.17) is 0 Å². The standard InChI is InChI=1S/C25H23NO2S/c27-24(21-13-11-20(12-14-21)19-7-3-1-4-8-19)18-26-16-15-23(17-26)29-25(28)22-9-5-2-6-10-22/h1-14,23H,15-18H2/t23-/m0/s1. The number of carbonyl (C=O) groups is 2. The fourth-order valence-electron chi connectivity index (χ4n) is 3.60. The number of thioether (sulfide) groups is 1. The van der Waals surface area contributed by atoms with Crippen LogP contribution in [0.4, 0.5) is 0 Å². The van der Waals surface area contributed by atoms with E-state index in [1.165, 1.54) is 11.8 Å². The second-order valence-electron chi connectivity index (χ2n) is 7.28. The third kappa shape index (κ3) is 5.03. The van der Waals surface area contributed by atoms with Crippen molar-refractivity contribution in [3.05, 3.63) is 96.1 Å². The largest absolute Gasteiger partial charge is 0.295 e. The average molecular weight is 402 g/mol. The van der Waals surface area contributed by atoms with Crippen LogP contribution in [0.3, 0.4) is 0 Å². The Morgan fingerprint density at radius 2 is 1.41 bits per heavy atom. The lowest BCUT2D eigenvalue weighted by Gasteiger charge is -2.15. The van der Waals surface area contributed by atoms with E-state index < -0.39 is 0 Å². The van der Waals surface area contributed by atoms with Crippen molar-refractivity contribution in [2.75, 3.05) is 19.6 Å². The summed E-state index contributed by atoms with van der Waals surface area (Å²) in [7, 11) is 0. The molecule has 0 aromatic heterocycles. The highest BCUT2D eigenvalue weighted by atomic mass is 32.2. The predicted octanol–water partition coefficient (Wildman–Crippen LogP) is 5.18.